The first-order valence-corrected chi connectivity index (χ1v) is 7.44. The van der Waals surface area contributed by atoms with Gasteiger partial charge in [-0.2, -0.15) is 4.99 Å². The monoisotopic (exact) mass is 290 g/mol. The number of hydrogen-bond donors (Lipinski definition) is 0. The van der Waals surface area contributed by atoms with Crippen LogP contribution in [-0.4, -0.2) is 44.3 Å². The average Bonchev–Trinajstić information content (AvgIpc) is 2.53. The predicted molar refractivity (Wildman–Crippen MR) is 81.2 cm³/mol. The minimum Gasteiger partial charge on any atom is -0.493 e. The van der Waals surface area contributed by atoms with Crippen LogP contribution < -0.4 is 9.47 Å². The summed E-state index contributed by atoms with van der Waals surface area (Å²) in [4.78, 5) is 16.3. The van der Waals surface area contributed by atoms with Crippen molar-refractivity contribution in [2.24, 2.45) is 4.99 Å². The molecular formula is C16H22N2O3. The summed E-state index contributed by atoms with van der Waals surface area (Å²) >= 11 is 0. The van der Waals surface area contributed by atoms with Gasteiger partial charge in [-0.25, -0.2) is 4.79 Å². The molecule has 2 rings (SSSR count). The van der Waals surface area contributed by atoms with Crippen LogP contribution in [0.15, 0.2) is 23.2 Å². The first kappa shape index (κ1) is 15.5. The van der Waals surface area contributed by atoms with E-state index in [4.69, 9.17) is 9.47 Å². The van der Waals surface area contributed by atoms with Crippen molar-refractivity contribution < 1.29 is 14.3 Å². The van der Waals surface area contributed by atoms with Crippen LogP contribution in [0.25, 0.3) is 0 Å². The molecular weight excluding hydrogens is 268 g/mol. The van der Waals surface area contributed by atoms with Crippen LogP contribution in [0.5, 0.6) is 11.5 Å². The van der Waals surface area contributed by atoms with Crippen molar-refractivity contribution in [1.82, 2.24) is 4.90 Å². The lowest BCUT2D eigenvalue weighted by atomic mass is 10.1. The summed E-state index contributed by atoms with van der Waals surface area (Å²) < 4.78 is 11.0. The quantitative estimate of drug-likeness (QED) is 0.440. The molecule has 0 aliphatic carbocycles. The van der Waals surface area contributed by atoms with E-state index in [1.165, 1.54) is 38.4 Å². The van der Waals surface area contributed by atoms with Gasteiger partial charge in [-0.15, -0.1) is 0 Å². The molecule has 0 bridgehead atoms. The molecule has 1 aliphatic heterocycles. The van der Waals surface area contributed by atoms with Gasteiger partial charge in [0.2, 0.25) is 6.08 Å². The third-order valence-electron chi connectivity index (χ3n) is 3.65. The van der Waals surface area contributed by atoms with Crippen LogP contribution in [0, 0.1) is 0 Å². The number of carbonyl (C=O) groups excluding carboxylic acids is 1. The van der Waals surface area contributed by atoms with E-state index in [0.29, 0.717) is 23.8 Å². The van der Waals surface area contributed by atoms with Gasteiger partial charge < -0.3 is 14.4 Å². The Labute approximate surface area is 125 Å². The zero-order chi connectivity index (χ0) is 14.9. The molecule has 1 heterocycles. The largest absolute Gasteiger partial charge is 0.493 e. The summed E-state index contributed by atoms with van der Waals surface area (Å²) in [6, 6.07) is 5.16. The predicted octanol–water partition coefficient (Wildman–Crippen LogP) is 2.92. The second kappa shape index (κ2) is 8.45. The van der Waals surface area contributed by atoms with E-state index >= 15 is 0 Å². The Kier molecular flexibility index (Phi) is 6.25. The molecule has 5 heteroatoms. The zero-order valence-corrected chi connectivity index (χ0v) is 12.5. The van der Waals surface area contributed by atoms with Crippen LogP contribution in [0.4, 0.5) is 5.69 Å². The molecule has 1 saturated heterocycles. The second-order valence-electron chi connectivity index (χ2n) is 5.14. The third kappa shape index (κ3) is 4.88. The summed E-state index contributed by atoms with van der Waals surface area (Å²) in [6.45, 7) is 4.16. The molecule has 21 heavy (non-hydrogen) atoms. The SMILES string of the molecule is COc1cc(N=C=O)ccc1OCCCN1CCCCC1. The van der Waals surface area contributed by atoms with E-state index in [0.717, 1.165) is 13.0 Å². The number of nitrogens with zero attached hydrogens (tertiary/aromatic N) is 2. The molecule has 0 unspecified atom stereocenters. The normalized spacial score (nSPS) is 15.3. The van der Waals surface area contributed by atoms with Crippen molar-refractivity contribution in [2.75, 3.05) is 33.4 Å². The van der Waals surface area contributed by atoms with Gasteiger partial charge in [0.25, 0.3) is 0 Å². The summed E-state index contributed by atoms with van der Waals surface area (Å²) in [6.07, 6.45) is 6.50. The van der Waals surface area contributed by atoms with Gasteiger partial charge in [0.05, 0.1) is 19.4 Å². The molecule has 0 atom stereocenters. The molecule has 0 amide bonds. The Balaban J connectivity index is 1.80. The molecule has 114 valence electrons. The number of isocyanates is 1. The highest BCUT2D eigenvalue weighted by atomic mass is 16.5. The Hall–Kier alpha value is -1.84. The van der Waals surface area contributed by atoms with Crippen molar-refractivity contribution >= 4 is 11.8 Å². The van der Waals surface area contributed by atoms with Crippen molar-refractivity contribution in [2.45, 2.75) is 25.7 Å². The highest BCUT2D eigenvalue weighted by Crippen LogP contribution is 2.31. The van der Waals surface area contributed by atoms with Crippen LogP contribution in [0.2, 0.25) is 0 Å². The van der Waals surface area contributed by atoms with Crippen molar-refractivity contribution in [3.63, 3.8) is 0 Å². The van der Waals surface area contributed by atoms with Crippen molar-refractivity contribution in [1.29, 1.82) is 0 Å². The highest BCUT2D eigenvalue weighted by molar-refractivity contribution is 5.55. The number of hydrogen-bond acceptors (Lipinski definition) is 5. The topological polar surface area (TPSA) is 51.1 Å². The zero-order valence-electron chi connectivity index (χ0n) is 12.5. The van der Waals surface area contributed by atoms with Crippen LogP contribution in [0.1, 0.15) is 25.7 Å². The van der Waals surface area contributed by atoms with Gasteiger partial charge >= 0.3 is 0 Å². The van der Waals surface area contributed by atoms with Gasteiger partial charge in [-0.1, -0.05) is 6.42 Å². The Morgan fingerprint density at radius 2 is 2.05 bits per heavy atom. The van der Waals surface area contributed by atoms with Crippen LogP contribution in [0.3, 0.4) is 0 Å². The van der Waals surface area contributed by atoms with E-state index in [1.54, 1.807) is 25.3 Å². The Bertz CT molecular complexity index is 492. The molecule has 0 saturated carbocycles. The molecule has 1 aromatic carbocycles. The van der Waals surface area contributed by atoms with Gasteiger partial charge in [0.1, 0.15) is 0 Å². The summed E-state index contributed by atoms with van der Waals surface area (Å²) in [5.41, 5.74) is 0.516. The van der Waals surface area contributed by atoms with E-state index in [1.807, 2.05) is 0 Å². The number of likely N-dealkylation sites (tertiary alicyclic amines) is 1. The van der Waals surface area contributed by atoms with Crippen LogP contribution >= 0.6 is 0 Å². The molecule has 1 fully saturated rings. The number of methoxy groups -OCH3 is 1. The maximum Gasteiger partial charge on any atom is 0.240 e. The molecule has 0 spiro atoms. The van der Waals surface area contributed by atoms with Crippen LogP contribution in [-0.2, 0) is 4.79 Å². The molecule has 0 radical (unpaired) electrons. The first-order valence-electron chi connectivity index (χ1n) is 7.44. The molecule has 1 aromatic rings. The van der Waals surface area contributed by atoms with Gasteiger partial charge in [-0.3, -0.25) is 0 Å². The average molecular weight is 290 g/mol. The fourth-order valence-electron chi connectivity index (χ4n) is 2.55. The fourth-order valence-corrected chi connectivity index (χ4v) is 2.55. The van der Waals surface area contributed by atoms with E-state index in [-0.39, 0.29) is 0 Å². The lowest BCUT2D eigenvalue weighted by Crippen LogP contribution is -2.31. The number of ether oxygens (including phenoxy) is 2. The fraction of sp³-hybridized carbons (Fsp3) is 0.562. The second-order valence-corrected chi connectivity index (χ2v) is 5.14. The first-order chi connectivity index (χ1) is 10.3. The number of piperidine rings is 1. The van der Waals surface area contributed by atoms with E-state index in [2.05, 4.69) is 9.89 Å². The smallest absolute Gasteiger partial charge is 0.240 e. The number of benzene rings is 1. The van der Waals surface area contributed by atoms with Crippen molar-refractivity contribution in [3.05, 3.63) is 18.2 Å². The lowest BCUT2D eigenvalue weighted by molar-refractivity contribution is 0.203. The van der Waals surface area contributed by atoms with E-state index in [9.17, 15) is 4.79 Å². The van der Waals surface area contributed by atoms with Gasteiger partial charge in [0.15, 0.2) is 11.5 Å². The molecule has 5 nitrogen and oxygen atoms in total. The summed E-state index contributed by atoms with van der Waals surface area (Å²) in [5.74, 6) is 1.27. The van der Waals surface area contributed by atoms with E-state index < -0.39 is 0 Å². The minimum atomic E-state index is 0.516. The van der Waals surface area contributed by atoms with Crippen molar-refractivity contribution in [3.8, 4) is 11.5 Å². The maximum absolute atomic E-state index is 10.3. The standard InChI is InChI=1S/C16H22N2O3/c1-20-16-12-14(17-13-19)6-7-15(16)21-11-5-10-18-8-3-2-4-9-18/h6-7,12H,2-5,8-11H2,1H3. The Morgan fingerprint density at radius 1 is 1.24 bits per heavy atom. The highest BCUT2D eigenvalue weighted by Gasteiger charge is 2.10. The van der Waals surface area contributed by atoms with Gasteiger partial charge in [0, 0.05) is 12.6 Å². The van der Waals surface area contributed by atoms with Gasteiger partial charge in [-0.05, 0) is 44.5 Å². The summed E-state index contributed by atoms with van der Waals surface area (Å²) in [5, 5.41) is 0. The number of rotatable bonds is 7. The number of aliphatic imine (C=N–C) groups is 1. The molecule has 1 aliphatic rings. The maximum atomic E-state index is 10.3. The Morgan fingerprint density at radius 3 is 2.76 bits per heavy atom. The third-order valence-corrected chi connectivity index (χ3v) is 3.65. The summed E-state index contributed by atoms with van der Waals surface area (Å²) in [7, 11) is 1.57. The minimum absolute atomic E-state index is 0.516. The lowest BCUT2D eigenvalue weighted by Gasteiger charge is -2.26. The molecule has 0 N–H and O–H groups in total. The molecule has 0 aromatic heterocycles.